The van der Waals surface area contributed by atoms with Crippen molar-refractivity contribution in [3.8, 4) is 5.75 Å². The number of alkyl halides is 2. The van der Waals surface area contributed by atoms with Crippen LogP contribution in [0.25, 0.3) is 0 Å². The Balaban J connectivity index is 2.73. The van der Waals surface area contributed by atoms with E-state index in [9.17, 15) is 13.6 Å². The molecule has 0 bridgehead atoms. The number of halogens is 2. The average Bonchev–Trinajstić information content (AvgIpc) is 2.51. The molecule has 0 saturated carbocycles. The molecule has 1 aromatic rings. The maximum atomic E-state index is 12.6. The second-order valence-electron chi connectivity index (χ2n) is 2.59. The molecule has 14 heavy (non-hydrogen) atoms. The summed E-state index contributed by atoms with van der Waals surface area (Å²) in [5.74, 6) is -5.70. The summed E-state index contributed by atoms with van der Waals surface area (Å²) in [5.41, 5.74) is 0. The second kappa shape index (κ2) is 3.60. The number of aliphatic carboxylic acids is 1. The van der Waals surface area contributed by atoms with Crippen molar-refractivity contribution in [2.75, 3.05) is 7.11 Å². The maximum Gasteiger partial charge on any atom is 0.376 e. The minimum absolute atomic E-state index is 0.297. The smallest absolute Gasteiger partial charge is 0.376 e. The van der Waals surface area contributed by atoms with Crippen LogP contribution in [-0.4, -0.2) is 33.9 Å². The SMILES string of the molecule is COc1cnn(CC(F)(F)C(=O)O)c1. The fourth-order valence-electron chi connectivity index (χ4n) is 0.808. The highest BCUT2D eigenvalue weighted by Gasteiger charge is 2.39. The summed E-state index contributed by atoms with van der Waals surface area (Å²) in [6.07, 6.45) is 2.41. The third kappa shape index (κ3) is 2.18. The lowest BCUT2D eigenvalue weighted by atomic mass is 10.3. The predicted octanol–water partition coefficient (Wildman–Crippen LogP) is 0.612. The first-order valence-electron chi connectivity index (χ1n) is 3.63. The number of nitrogens with zero attached hydrogens (tertiary/aromatic N) is 2. The van der Waals surface area contributed by atoms with Crippen LogP contribution in [0.15, 0.2) is 12.4 Å². The maximum absolute atomic E-state index is 12.6. The third-order valence-corrected chi connectivity index (χ3v) is 1.52. The van der Waals surface area contributed by atoms with Crippen LogP contribution in [0.2, 0.25) is 0 Å². The quantitative estimate of drug-likeness (QED) is 0.783. The van der Waals surface area contributed by atoms with E-state index in [0.29, 0.717) is 5.75 Å². The van der Waals surface area contributed by atoms with Crippen molar-refractivity contribution in [3.63, 3.8) is 0 Å². The fourth-order valence-corrected chi connectivity index (χ4v) is 0.808. The molecule has 1 rings (SSSR count). The molecule has 1 heterocycles. The normalized spacial score (nSPS) is 11.4. The van der Waals surface area contributed by atoms with Crippen LogP contribution >= 0.6 is 0 Å². The molecular formula is C7H8F2N2O3. The molecule has 0 unspecified atom stereocenters. The molecule has 0 radical (unpaired) electrons. The first-order valence-corrected chi connectivity index (χ1v) is 3.63. The summed E-state index contributed by atoms with van der Waals surface area (Å²) >= 11 is 0. The van der Waals surface area contributed by atoms with E-state index < -0.39 is 18.4 Å². The Kier molecular flexibility index (Phi) is 2.68. The van der Waals surface area contributed by atoms with Gasteiger partial charge in [-0.25, -0.2) is 4.79 Å². The number of hydrogen-bond donors (Lipinski definition) is 1. The second-order valence-corrected chi connectivity index (χ2v) is 2.59. The lowest BCUT2D eigenvalue weighted by Crippen LogP contribution is -2.33. The highest BCUT2D eigenvalue weighted by atomic mass is 19.3. The van der Waals surface area contributed by atoms with Crippen molar-refractivity contribution < 1.29 is 23.4 Å². The summed E-state index contributed by atoms with van der Waals surface area (Å²) in [6.45, 7) is -1.01. The van der Waals surface area contributed by atoms with Crippen molar-refractivity contribution in [1.82, 2.24) is 9.78 Å². The number of carbonyl (C=O) groups is 1. The number of aromatic nitrogens is 2. The number of rotatable bonds is 4. The van der Waals surface area contributed by atoms with Crippen molar-refractivity contribution in [3.05, 3.63) is 12.4 Å². The van der Waals surface area contributed by atoms with E-state index in [1.165, 1.54) is 19.5 Å². The summed E-state index contributed by atoms with van der Waals surface area (Å²) in [7, 11) is 1.36. The molecule has 1 N–H and O–H groups in total. The molecule has 0 amide bonds. The molecule has 0 aromatic carbocycles. The number of hydrogen-bond acceptors (Lipinski definition) is 3. The van der Waals surface area contributed by atoms with Gasteiger partial charge in [0.1, 0.15) is 6.54 Å². The van der Waals surface area contributed by atoms with Gasteiger partial charge in [-0.15, -0.1) is 0 Å². The van der Waals surface area contributed by atoms with Crippen molar-refractivity contribution in [2.24, 2.45) is 0 Å². The first-order chi connectivity index (χ1) is 6.45. The van der Waals surface area contributed by atoms with Gasteiger partial charge in [0, 0.05) is 0 Å². The zero-order valence-electron chi connectivity index (χ0n) is 7.28. The highest BCUT2D eigenvalue weighted by molar-refractivity contribution is 5.75. The summed E-state index contributed by atoms with van der Waals surface area (Å²) < 4.78 is 30.8. The molecule has 0 aliphatic heterocycles. The monoisotopic (exact) mass is 206 g/mol. The highest BCUT2D eigenvalue weighted by Crippen LogP contribution is 2.17. The van der Waals surface area contributed by atoms with E-state index >= 15 is 0 Å². The molecule has 5 nitrogen and oxygen atoms in total. The third-order valence-electron chi connectivity index (χ3n) is 1.52. The van der Waals surface area contributed by atoms with Crippen LogP contribution in [0.1, 0.15) is 0 Å². The summed E-state index contributed by atoms with van der Waals surface area (Å²) in [5, 5.41) is 11.6. The van der Waals surface area contributed by atoms with Gasteiger partial charge in [0.15, 0.2) is 5.75 Å². The van der Waals surface area contributed by atoms with Gasteiger partial charge in [0.05, 0.1) is 19.5 Å². The van der Waals surface area contributed by atoms with E-state index in [1.807, 2.05) is 0 Å². The van der Waals surface area contributed by atoms with Crippen LogP contribution < -0.4 is 4.74 Å². The summed E-state index contributed by atoms with van der Waals surface area (Å²) in [4.78, 5) is 10.1. The van der Waals surface area contributed by atoms with Gasteiger partial charge in [0.2, 0.25) is 0 Å². The van der Waals surface area contributed by atoms with Gasteiger partial charge in [-0.3, -0.25) is 4.68 Å². The van der Waals surface area contributed by atoms with Crippen LogP contribution in [0.5, 0.6) is 5.75 Å². The Morgan fingerprint density at radius 3 is 2.86 bits per heavy atom. The van der Waals surface area contributed by atoms with Crippen molar-refractivity contribution in [2.45, 2.75) is 12.5 Å². The average molecular weight is 206 g/mol. The first kappa shape index (κ1) is 10.4. The van der Waals surface area contributed by atoms with Crippen LogP contribution in [0, 0.1) is 0 Å². The van der Waals surface area contributed by atoms with Crippen LogP contribution in [0.4, 0.5) is 8.78 Å². The Morgan fingerprint density at radius 2 is 2.43 bits per heavy atom. The van der Waals surface area contributed by atoms with E-state index in [-0.39, 0.29) is 0 Å². The van der Waals surface area contributed by atoms with Crippen LogP contribution in [0.3, 0.4) is 0 Å². The van der Waals surface area contributed by atoms with Gasteiger partial charge >= 0.3 is 11.9 Å². The Morgan fingerprint density at radius 1 is 1.79 bits per heavy atom. The van der Waals surface area contributed by atoms with Gasteiger partial charge in [0.25, 0.3) is 0 Å². The molecule has 1 aromatic heterocycles. The van der Waals surface area contributed by atoms with E-state index in [0.717, 1.165) is 4.68 Å². The number of carboxylic acids is 1. The molecule has 78 valence electrons. The minimum Gasteiger partial charge on any atom is -0.493 e. The molecule has 0 aliphatic carbocycles. The standard InChI is InChI=1S/C7H8F2N2O3/c1-14-5-2-10-11(3-5)4-7(8,9)6(12)13/h2-3H,4H2,1H3,(H,12,13). The van der Waals surface area contributed by atoms with Crippen molar-refractivity contribution >= 4 is 5.97 Å². The van der Waals surface area contributed by atoms with E-state index in [4.69, 9.17) is 9.84 Å². The minimum atomic E-state index is -3.82. The fraction of sp³-hybridized carbons (Fsp3) is 0.429. The van der Waals surface area contributed by atoms with Crippen molar-refractivity contribution in [1.29, 1.82) is 0 Å². The molecular weight excluding hydrogens is 198 g/mol. The molecule has 0 atom stereocenters. The lowest BCUT2D eigenvalue weighted by molar-refractivity contribution is -0.167. The molecule has 7 heteroatoms. The zero-order chi connectivity index (χ0) is 10.8. The Labute approximate surface area is 77.9 Å². The Hall–Kier alpha value is -1.66. The van der Waals surface area contributed by atoms with Crippen LogP contribution in [-0.2, 0) is 11.3 Å². The predicted molar refractivity (Wildman–Crippen MR) is 41.4 cm³/mol. The lowest BCUT2D eigenvalue weighted by Gasteiger charge is -2.10. The van der Waals surface area contributed by atoms with Gasteiger partial charge in [-0.2, -0.15) is 13.9 Å². The topological polar surface area (TPSA) is 64.4 Å². The largest absolute Gasteiger partial charge is 0.493 e. The molecule has 0 aliphatic rings. The van der Waals surface area contributed by atoms with E-state index in [1.54, 1.807) is 0 Å². The van der Waals surface area contributed by atoms with E-state index in [2.05, 4.69) is 5.10 Å². The van der Waals surface area contributed by atoms with Gasteiger partial charge in [-0.1, -0.05) is 0 Å². The molecule has 0 spiro atoms. The van der Waals surface area contributed by atoms with Gasteiger partial charge in [-0.05, 0) is 0 Å². The molecule has 0 saturated heterocycles. The number of carboxylic acid groups (broad SMARTS) is 1. The number of methoxy groups -OCH3 is 1. The van der Waals surface area contributed by atoms with Gasteiger partial charge < -0.3 is 9.84 Å². The number of ether oxygens (including phenoxy) is 1. The summed E-state index contributed by atoms with van der Waals surface area (Å²) in [6, 6.07) is 0. The Bertz CT molecular complexity index is 337. The molecule has 0 fully saturated rings. The zero-order valence-corrected chi connectivity index (χ0v) is 7.28.